The molecule has 47 heavy (non-hydrogen) atoms. The van der Waals surface area contributed by atoms with Crippen LogP contribution in [0.15, 0.2) is 156 Å². The molecule has 0 aliphatic rings. The van der Waals surface area contributed by atoms with Crippen LogP contribution in [0.3, 0.4) is 0 Å². The maximum absolute atomic E-state index is 12.5. The summed E-state index contributed by atoms with van der Waals surface area (Å²) >= 11 is 0. The number of pyridine rings is 2. The molecule has 0 atom stereocenters. The van der Waals surface area contributed by atoms with Crippen molar-refractivity contribution in [2.24, 2.45) is 0 Å². The Balaban J connectivity index is 0.000000208. The summed E-state index contributed by atoms with van der Waals surface area (Å²) in [5.74, 6) is 0. The molecule has 0 saturated heterocycles. The standard InChI is InChI=1S/2C18H15N2O2S.Zn/c2*1-14-9-11-15(12-10-14)23(21,22)20-18-8-3-2-6-16(18)17-7-4-5-13-19-17;/h2*2-13H,1H3;/q2*-1;+2. The van der Waals surface area contributed by atoms with Gasteiger partial charge in [-0.15, -0.1) is 11.4 Å². The molecule has 4 aromatic carbocycles. The minimum absolute atomic E-state index is 0. The maximum Gasteiger partial charge on any atom is 2.00 e. The van der Waals surface area contributed by atoms with E-state index in [0.29, 0.717) is 33.9 Å². The molecule has 8 nitrogen and oxygen atoms in total. The van der Waals surface area contributed by atoms with Crippen molar-refractivity contribution in [3.05, 3.63) is 166 Å². The number of aromatic nitrogens is 2. The number of nitrogens with zero attached hydrogens (tertiary/aromatic N) is 4. The van der Waals surface area contributed by atoms with E-state index in [-0.39, 0.29) is 29.3 Å². The van der Waals surface area contributed by atoms with E-state index in [1.165, 1.54) is 0 Å². The molecule has 0 unspecified atom stereocenters. The Labute approximate surface area is 288 Å². The minimum atomic E-state index is -3.76. The van der Waals surface area contributed by atoms with Crippen LogP contribution < -0.4 is 0 Å². The summed E-state index contributed by atoms with van der Waals surface area (Å²) in [6.45, 7) is 3.81. The Morgan fingerprint density at radius 2 is 0.787 bits per heavy atom. The molecule has 2 heterocycles. The molecular formula is C36H30N4O4S2Zn. The van der Waals surface area contributed by atoms with Crippen molar-refractivity contribution >= 4 is 31.4 Å². The predicted octanol–water partition coefficient (Wildman–Crippen LogP) is 8.90. The summed E-state index contributed by atoms with van der Waals surface area (Å²) < 4.78 is 58.0. The van der Waals surface area contributed by atoms with Crippen molar-refractivity contribution in [3.63, 3.8) is 0 Å². The molecule has 0 fully saturated rings. The smallest absolute Gasteiger partial charge is 0.572 e. The molecule has 0 saturated carbocycles. The van der Waals surface area contributed by atoms with E-state index >= 15 is 0 Å². The van der Waals surface area contributed by atoms with E-state index in [1.54, 1.807) is 85.2 Å². The second kappa shape index (κ2) is 15.7. The van der Waals surface area contributed by atoms with Gasteiger partial charge in [0.05, 0.1) is 21.2 Å². The van der Waals surface area contributed by atoms with Crippen molar-refractivity contribution in [3.8, 4) is 22.5 Å². The van der Waals surface area contributed by atoms with Crippen LogP contribution in [0.5, 0.6) is 0 Å². The molecule has 0 bridgehead atoms. The monoisotopic (exact) mass is 710 g/mol. The number of sulfonamides is 2. The van der Waals surface area contributed by atoms with Crippen LogP contribution in [0.1, 0.15) is 11.1 Å². The molecule has 2 aromatic heterocycles. The van der Waals surface area contributed by atoms with E-state index in [0.717, 1.165) is 11.1 Å². The summed E-state index contributed by atoms with van der Waals surface area (Å²) in [4.78, 5) is 8.90. The Morgan fingerprint density at radius 1 is 0.447 bits per heavy atom. The molecule has 6 rings (SSSR count). The van der Waals surface area contributed by atoms with Crippen LogP contribution in [0.25, 0.3) is 32.0 Å². The van der Waals surface area contributed by atoms with Gasteiger partial charge in [0.25, 0.3) is 0 Å². The Bertz CT molecular complexity index is 1970. The fraction of sp³-hybridized carbons (Fsp3) is 0.0556. The van der Waals surface area contributed by atoms with E-state index in [2.05, 4.69) is 19.4 Å². The first kappa shape index (κ1) is 35.2. The summed E-state index contributed by atoms with van der Waals surface area (Å²) in [5.41, 5.74) is 5.50. The second-order valence-corrected chi connectivity index (χ2v) is 13.4. The molecule has 11 heteroatoms. The second-order valence-electron chi connectivity index (χ2n) is 10.2. The van der Waals surface area contributed by atoms with Crippen LogP contribution in [0.4, 0.5) is 11.4 Å². The van der Waals surface area contributed by atoms with Crippen LogP contribution in [-0.4, -0.2) is 26.8 Å². The van der Waals surface area contributed by atoms with Crippen molar-refractivity contribution in [1.29, 1.82) is 0 Å². The van der Waals surface area contributed by atoms with Crippen LogP contribution in [0.2, 0.25) is 0 Å². The topological polar surface area (TPSA) is 122 Å². The number of hydrogen-bond acceptors (Lipinski definition) is 6. The molecule has 0 amide bonds. The van der Waals surface area contributed by atoms with Crippen LogP contribution in [0, 0.1) is 13.8 Å². The summed E-state index contributed by atoms with van der Waals surface area (Å²) in [7, 11) is -7.53. The SMILES string of the molecule is Cc1ccc(S(=O)(=O)[N-]c2ccccc2-c2ccccn2)cc1.Cc1ccc(S(=O)(=O)[N-]c2ccccc2-c2ccccn2)cc1.[Zn+2]. The fourth-order valence-electron chi connectivity index (χ4n) is 4.37. The minimum Gasteiger partial charge on any atom is -0.572 e. The summed E-state index contributed by atoms with van der Waals surface area (Å²) in [6, 6.07) is 38.4. The predicted molar refractivity (Wildman–Crippen MR) is 182 cm³/mol. The van der Waals surface area contributed by atoms with Gasteiger partial charge in [0.2, 0.25) is 0 Å². The van der Waals surface area contributed by atoms with E-state index in [4.69, 9.17) is 0 Å². The molecule has 0 aliphatic carbocycles. The molecule has 0 spiro atoms. The Hall–Kier alpha value is -4.70. The van der Waals surface area contributed by atoms with Crippen molar-refractivity contribution < 1.29 is 36.3 Å². The normalized spacial score (nSPS) is 10.9. The summed E-state index contributed by atoms with van der Waals surface area (Å²) in [5, 5.41) is 0. The average Bonchev–Trinajstić information content (AvgIpc) is 3.06. The third kappa shape index (κ3) is 9.19. The number of hydrogen-bond donors (Lipinski definition) is 0. The Morgan fingerprint density at radius 3 is 1.13 bits per heavy atom. The molecule has 6 aromatic rings. The molecule has 232 valence electrons. The van der Waals surface area contributed by atoms with Gasteiger partial charge in [-0.1, -0.05) is 96.1 Å². The van der Waals surface area contributed by atoms with Gasteiger partial charge in [0.1, 0.15) is 20.0 Å². The van der Waals surface area contributed by atoms with Gasteiger partial charge in [-0.05, 0) is 73.5 Å². The number of rotatable bonds is 8. The first-order valence-electron chi connectivity index (χ1n) is 14.2. The fourth-order valence-corrected chi connectivity index (χ4v) is 6.38. The third-order valence-corrected chi connectivity index (χ3v) is 9.37. The van der Waals surface area contributed by atoms with Crippen LogP contribution >= 0.6 is 0 Å². The van der Waals surface area contributed by atoms with Gasteiger partial charge < -0.3 is 9.44 Å². The summed E-state index contributed by atoms with van der Waals surface area (Å²) in [6.07, 6.45) is 3.33. The zero-order chi connectivity index (χ0) is 32.6. The molecule has 0 aliphatic heterocycles. The van der Waals surface area contributed by atoms with Crippen molar-refractivity contribution in [1.82, 2.24) is 9.97 Å². The molecular weight excluding hydrogens is 682 g/mol. The zero-order valence-corrected chi connectivity index (χ0v) is 30.4. The quantitative estimate of drug-likeness (QED) is 0.145. The third-order valence-electron chi connectivity index (χ3n) is 6.76. The molecule has 0 N–H and O–H groups in total. The Kier molecular flexibility index (Phi) is 11.8. The average molecular weight is 712 g/mol. The van der Waals surface area contributed by atoms with Crippen LogP contribution in [-0.2, 0) is 39.5 Å². The first-order chi connectivity index (χ1) is 22.1. The van der Waals surface area contributed by atoms with E-state index in [1.807, 2.05) is 74.5 Å². The van der Waals surface area contributed by atoms with Gasteiger partial charge in [-0.25, -0.2) is 16.8 Å². The number of aryl methyl sites for hydroxylation is 2. The largest absolute Gasteiger partial charge is 2.00 e. The van der Waals surface area contributed by atoms with Crippen molar-refractivity contribution in [2.75, 3.05) is 0 Å². The van der Waals surface area contributed by atoms with E-state index < -0.39 is 20.0 Å². The van der Waals surface area contributed by atoms with Gasteiger partial charge in [0.15, 0.2) is 0 Å². The van der Waals surface area contributed by atoms with Crippen molar-refractivity contribution in [2.45, 2.75) is 23.6 Å². The maximum atomic E-state index is 12.5. The zero-order valence-electron chi connectivity index (χ0n) is 25.8. The number of benzene rings is 4. The first-order valence-corrected chi connectivity index (χ1v) is 17.1. The van der Waals surface area contributed by atoms with Gasteiger partial charge in [0, 0.05) is 12.4 Å². The van der Waals surface area contributed by atoms with Gasteiger partial charge >= 0.3 is 19.5 Å². The molecule has 0 radical (unpaired) electrons. The van der Waals surface area contributed by atoms with Gasteiger partial charge in [-0.3, -0.25) is 9.97 Å². The van der Waals surface area contributed by atoms with Gasteiger partial charge in [-0.2, -0.15) is 0 Å². The van der Waals surface area contributed by atoms with E-state index in [9.17, 15) is 16.8 Å².